The van der Waals surface area contributed by atoms with E-state index in [4.69, 9.17) is 4.43 Å². The highest BCUT2D eigenvalue weighted by atomic mass is 28.3. The maximum atomic E-state index is 12.4. The molecular formula is C25H27O3Si. The molecule has 1 radical (unpaired) electrons. The zero-order valence-corrected chi connectivity index (χ0v) is 18.3. The second kappa shape index (κ2) is 8.35. The van der Waals surface area contributed by atoms with E-state index in [9.17, 15) is 9.90 Å². The molecule has 1 atom stereocenters. The van der Waals surface area contributed by atoms with Crippen LogP contribution in [-0.4, -0.2) is 20.1 Å². The van der Waals surface area contributed by atoms with Gasteiger partial charge in [-0.15, -0.1) is 0 Å². The van der Waals surface area contributed by atoms with Crippen LogP contribution in [0.2, 0.25) is 0 Å². The van der Waals surface area contributed by atoms with Crippen LogP contribution in [0.5, 0.6) is 0 Å². The minimum absolute atomic E-state index is 0.0863. The lowest BCUT2D eigenvalue weighted by Gasteiger charge is -2.33. The fraction of sp³-hybridized carbons (Fsp3) is 0.240. The van der Waals surface area contributed by atoms with Crippen molar-refractivity contribution >= 4 is 25.4 Å². The summed E-state index contributed by atoms with van der Waals surface area (Å²) < 4.78 is 6.60. The van der Waals surface area contributed by atoms with E-state index >= 15 is 0 Å². The van der Waals surface area contributed by atoms with Gasteiger partial charge in [-0.25, -0.2) is 4.79 Å². The topological polar surface area (TPSA) is 46.5 Å². The molecule has 0 spiro atoms. The van der Waals surface area contributed by atoms with Crippen LogP contribution >= 0.6 is 0 Å². The van der Waals surface area contributed by atoms with E-state index in [1.165, 1.54) is 5.56 Å². The van der Waals surface area contributed by atoms with E-state index in [2.05, 4.69) is 32.9 Å². The van der Waals surface area contributed by atoms with Crippen LogP contribution < -0.4 is 10.4 Å². The highest BCUT2D eigenvalue weighted by Crippen LogP contribution is 2.28. The van der Waals surface area contributed by atoms with Crippen molar-refractivity contribution in [2.24, 2.45) is 0 Å². The molecule has 3 nitrogen and oxygen atoms in total. The number of rotatable bonds is 6. The Labute approximate surface area is 174 Å². The third-order valence-electron chi connectivity index (χ3n) is 5.05. The van der Waals surface area contributed by atoms with Crippen molar-refractivity contribution in [1.82, 2.24) is 0 Å². The van der Waals surface area contributed by atoms with E-state index in [1.807, 2.05) is 72.8 Å². The second-order valence-electron chi connectivity index (χ2n) is 8.30. The van der Waals surface area contributed by atoms with Crippen molar-refractivity contribution in [3.8, 4) is 0 Å². The lowest BCUT2D eigenvalue weighted by atomic mass is 9.87. The summed E-state index contributed by atoms with van der Waals surface area (Å²) in [6, 6.07) is 27.4. The van der Waals surface area contributed by atoms with Crippen LogP contribution in [0, 0.1) is 0 Å². The molecular weight excluding hydrogens is 376 g/mol. The van der Waals surface area contributed by atoms with Crippen molar-refractivity contribution in [2.45, 2.75) is 38.7 Å². The van der Waals surface area contributed by atoms with Crippen molar-refractivity contribution < 1.29 is 14.3 Å². The SMILES string of the molecule is CC(C)(C)c1ccccc1[Si](OC(C)(C(=O)O)c1ccccc1)c1ccccc1. The maximum Gasteiger partial charge on any atom is 0.339 e. The van der Waals surface area contributed by atoms with Crippen LogP contribution in [0.15, 0.2) is 84.9 Å². The van der Waals surface area contributed by atoms with Crippen LogP contribution in [0.3, 0.4) is 0 Å². The van der Waals surface area contributed by atoms with E-state index in [0.29, 0.717) is 5.56 Å². The normalized spacial score (nSPS) is 13.8. The average molecular weight is 404 g/mol. The maximum absolute atomic E-state index is 12.4. The fourth-order valence-corrected chi connectivity index (χ4v) is 5.98. The largest absolute Gasteiger partial charge is 0.479 e. The van der Waals surface area contributed by atoms with Crippen LogP contribution in [0.1, 0.15) is 38.8 Å². The molecule has 0 fully saturated rings. The summed E-state index contributed by atoms with van der Waals surface area (Å²) in [5, 5.41) is 12.3. The van der Waals surface area contributed by atoms with Gasteiger partial charge >= 0.3 is 5.97 Å². The van der Waals surface area contributed by atoms with Gasteiger partial charge < -0.3 is 9.53 Å². The Balaban J connectivity index is 2.18. The van der Waals surface area contributed by atoms with Crippen molar-refractivity contribution in [3.05, 3.63) is 96.1 Å². The van der Waals surface area contributed by atoms with Crippen LogP contribution in [0.25, 0.3) is 0 Å². The summed E-state index contributed by atoms with van der Waals surface area (Å²) in [6.45, 7) is 8.16. The first-order valence-corrected chi connectivity index (χ1v) is 11.1. The predicted molar refractivity (Wildman–Crippen MR) is 119 cm³/mol. The highest BCUT2D eigenvalue weighted by molar-refractivity contribution is 6.80. The number of carboxylic acids is 1. The summed E-state index contributed by atoms with van der Waals surface area (Å²) in [4.78, 5) is 12.4. The molecule has 4 heteroatoms. The summed E-state index contributed by atoms with van der Waals surface area (Å²) >= 11 is 0. The first-order valence-electron chi connectivity index (χ1n) is 9.73. The molecule has 3 rings (SSSR count). The number of carboxylic acid groups (broad SMARTS) is 1. The first kappa shape index (κ1) is 21.0. The minimum Gasteiger partial charge on any atom is -0.479 e. The van der Waals surface area contributed by atoms with Gasteiger partial charge in [-0.2, -0.15) is 0 Å². The summed E-state index contributed by atoms with van der Waals surface area (Å²) in [6.07, 6.45) is 0. The molecule has 0 aliphatic heterocycles. The van der Waals surface area contributed by atoms with Crippen LogP contribution in [0.4, 0.5) is 0 Å². The summed E-state index contributed by atoms with van der Waals surface area (Å²) in [7, 11) is -1.84. The molecule has 1 N–H and O–H groups in total. The number of hydrogen-bond donors (Lipinski definition) is 1. The Morgan fingerprint density at radius 3 is 1.86 bits per heavy atom. The lowest BCUT2D eigenvalue weighted by Crippen LogP contribution is -2.54. The number of aliphatic carboxylic acids is 1. The lowest BCUT2D eigenvalue weighted by molar-refractivity contribution is -0.154. The monoisotopic (exact) mass is 403 g/mol. The molecule has 0 aliphatic rings. The quantitative estimate of drug-likeness (QED) is 0.630. The van der Waals surface area contributed by atoms with Gasteiger partial charge in [0.1, 0.15) is 0 Å². The Morgan fingerprint density at radius 2 is 1.31 bits per heavy atom. The van der Waals surface area contributed by atoms with Gasteiger partial charge in [-0.1, -0.05) is 106 Å². The molecule has 0 amide bonds. The van der Waals surface area contributed by atoms with E-state index in [0.717, 1.165) is 10.4 Å². The third-order valence-corrected chi connectivity index (χ3v) is 7.45. The molecule has 149 valence electrons. The van der Waals surface area contributed by atoms with Gasteiger partial charge in [-0.05, 0) is 33.8 Å². The zero-order valence-electron chi connectivity index (χ0n) is 17.3. The standard InChI is InChI=1S/C25H27O3Si/c1-24(2,3)21-17-11-12-18-22(21)29(20-15-9-6-10-16-20)28-25(4,23(26)27)19-13-7-5-8-14-19/h5-18H,1-4H3,(H,26,27). The van der Waals surface area contributed by atoms with Crippen LogP contribution in [-0.2, 0) is 20.2 Å². The van der Waals surface area contributed by atoms with Gasteiger partial charge in [0, 0.05) is 0 Å². The number of hydrogen-bond acceptors (Lipinski definition) is 2. The highest BCUT2D eigenvalue weighted by Gasteiger charge is 2.41. The van der Waals surface area contributed by atoms with Gasteiger partial charge in [0.15, 0.2) is 5.60 Å². The number of benzene rings is 3. The van der Waals surface area contributed by atoms with Gasteiger partial charge in [-0.3, -0.25) is 0 Å². The molecule has 1 unspecified atom stereocenters. The van der Waals surface area contributed by atoms with Gasteiger partial charge in [0.05, 0.1) is 0 Å². The molecule has 3 aromatic rings. The molecule has 0 aliphatic carbocycles. The average Bonchev–Trinajstić information content (AvgIpc) is 2.72. The number of carbonyl (C=O) groups is 1. The Bertz CT molecular complexity index is 964. The summed E-state index contributed by atoms with van der Waals surface area (Å²) in [5.74, 6) is -0.990. The van der Waals surface area contributed by atoms with E-state index in [-0.39, 0.29) is 5.41 Å². The van der Waals surface area contributed by atoms with Gasteiger partial charge in [0.2, 0.25) is 0 Å². The Morgan fingerprint density at radius 1 is 0.793 bits per heavy atom. The summed E-state index contributed by atoms with van der Waals surface area (Å²) in [5.41, 5.74) is 0.283. The molecule has 29 heavy (non-hydrogen) atoms. The first-order chi connectivity index (χ1) is 13.7. The minimum atomic E-state index is -1.84. The molecule has 0 saturated heterocycles. The van der Waals surface area contributed by atoms with E-state index < -0.39 is 20.6 Å². The predicted octanol–water partition coefficient (Wildman–Crippen LogP) is 4.11. The molecule has 0 bridgehead atoms. The van der Waals surface area contributed by atoms with Crippen molar-refractivity contribution in [2.75, 3.05) is 0 Å². The zero-order chi connectivity index (χ0) is 21.1. The van der Waals surface area contributed by atoms with Crippen molar-refractivity contribution in [3.63, 3.8) is 0 Å². The van der Waals surface area contributed by atoms with Crippen molar-refractivity contribution in [1.29, 1.82) is 0 Å². The van der Waals surface area contributed by atoms with Gasteiger partial charge in [0.25, 0.3) is 9.04 Å². The molecule has 0 heterocycles. The fourth-order valence-electron chi connectivity index (χ4n) is 3.38. The van der Waals surface area contributed by atoms with E-state index in [1.54, 1.807) is 6.92 Å². The third kappa shape index (κ3) is 4.49. The Hall–Kier alpha value is -2.69. The molecule has 0 aromatic heterocycles. The second-order valence-corrected chi connectivity index (χ2v) is 10.3. The molecule has 0 saturated carbocycles. The smallest absolute Gasteiger partial charge is 0.339 e. The molecule has 3 aromatic carbocycles. The Kier molecular flexibility index (Phi) is 6.06.